The second-order valence-corrected chi connectivity index (χ2v) is 14.0. The van der Waals surface area contributed by atoms with Crippen LogP contribution in [-0.4, -0.2) is 49.6 Å². The summed E-state index contributed by atoms with van der Waals surface area (Å²) in [5, 5.41) is 3.02. The molecule has 53 heavy (non-hydrogen) atoms. The van der Waals surface area contributed by atoms with Crippen molar-refractivity contribution < 1.29 is 41.9 Å². The summed E-state index contributed by atoms with van der Waals surface area (Å²) >= 11 is 0. The Morgan fingerprint density at radius 3 is 1.49 bits per heavy atom. The van der Waals surface area contributed by atoms with Gasteiger partial charge in [-0.25, -0.2) is 4.57 Å². The average Bonchev–Trinajstić information content (AvgIpc) is 3.18. The zero-order valence-corrected chi connectivity index (χ0v) is 30.4. The molecule has 0 aromatic heterocycles. The van der Waals surface area contributed by atoms with Crippen molar-refractivity contribution >= 4 is 13.7 Å². The fourth-order valence-electron chi connectivity index (χ4n) is 5.96. The lowest BCUT2D eigenvalue weighted by Crippen LogP contribution is -2.66. The van der Waals surface area contributed by atoms with Crippen molar-refractivity contribution in [3.05, 3.63) is 168 Å². The van der Waals surface area contributed by atoms with Gasteiger partial charge in [-0.1, -0.05) is 127 Å². The Hall–Kier alpha value is -4.80. The number of para-hydroxylation sites is 2. The summed E-state index contributed by atoms with van der Waals surface area (Å²) in [4.78, 5) is 12.8. The van der Waals surface area contributed by atoms with Crippen LogP contribution in [0.3, 0.4) is 0 Å². The standard InChI is InChI=1S/C42H44NO9P/c1-32(44)43-40-38(31-49-53(45,51-36-23-13-5-14-24-36)52-37-25-15-6-16-26-37)50-39(30-46-27-33-17-7-2-8-18-33)41(47-28-34-19-9-3-10-20-34)42(40)48-29-35-21-11-4-12-22-35/h2-26,38-42H,27-31H2,1H3,(H,43,44)/t38-,39-,40+,41-,42-/m1/s1. The molecule has 1 fully saturated rings. The van der Waals surface area contributed by atoms with Crippen LogP contribution in [-0.2, 0) is 52.7 Å². The molecule has 0 spiro atoms. The third-order valence-corrected chi connectivity index (χ3v) is 9.78. The fraction of sp³-hybridized carbons (Fsp3) is 0.262. The van der Waals surface area contributed by atoms with Crippen LogP contribution in [0.25, 0.3) is 0 Å². The van der Waals surface area contributed by atoms with E-state index in [2.05, 4.69) is 5.32 Å². The van der Waals surface area contributed by atoms with Gasteiger partial charge < -0.3 is 33.3 Å². The van der Waals surface area contributed by atoms with Crippen LogP contribution in [0.4, 0.5) is 0 Å². The predicted octanol–water partition coefficient (Wildman–Crippen LogP) is 7.93. The maximum atomic E-state index is 14.4. The molecular weight excluding hydrogens is 693 g/mol. The average molecular weight is 738 g/mol. The number of hydrogen-bond acceptors (Lipinski definition) is 9. The third-order valence-electron chi connectivity index (χ3n) is 8.45. The van der Waals surface area contributed by atoms with Gasteiger partial charge in [0.1, 0.15) is 35.9 Å². The molecule has 1 aliphatic heterocycles. The van der Waals surface area contributed by atoms with E-state index in [0.29, 0.717) is 18.1 Å². The molecule has 0 aliphatic carbocycles. The van der Waals surface area contributed by atoms with E-state index in [9.17, 15) is 9.36 Å². The largest absolute Gasteiger partial charge is 0.587 e. The minimum atomic E-state index is -4.32. The highest BCUT2D eigenvalue weighted by molar-refractivity contribution is 7.49. The number of ether oxygens (including phenoxy) is 4. The van der Waals surface area contributed by atoms with Crippen LogP contribution in [0.5, 0.6) is 11.5 Å². The molecule has 6 rings (SSSR count). The third kappa shape index (κ3) is 11.6. The van der Waals surface area contributed by atoms with Crippen LogP contribution in [0.15, 0.2) is 152 Å². The van der Waals surface area contributed by atoms with E-state index in [1.807, 2.05) is 103 Å². The summed E-state index contributed by atoms with van der Waals surface area (Å²) in [6.45, 7) is 2.07. The van der Waals surface area contributed by atoms with Gasteiger partial charge in [0.2, 0.25) is 5.91 Å². The molecule has 276 valence electrons. The highest BCUT2D eigenvalue weighted by atomic mass is 31.2. The maximum absolute atomic E-state index is 14.4. The van der Waals surface area contributed by atoms with Crippen molar-refractivity contribution in [3.8, 4) is 11.5 Å². The Balaban J connectivity index is 1.30. The first-order valence-electron chi connectivity index (χ1n) is 17.5. The Kier molecular flexibility index (Phi) is 13.8. The Morgan fingerprint density at radius 1 is 0.585 bits per heavy atom. The number of phosphoric ester groups is 1. The smallest absolute Gasteiger partial charge is 0.395 e. The van der Waals surface area contributed by atoms with Crippen molar-refractivity contribution in [1.82, 2.24) is 5.32 Å². The molecule has 5 aromatic carbocycles. The second kappa shape index (κ2) is 19.3. The van der Waals surface area contributed by atoms with E-state index < -0.39 is 38.3 Å². The molecule has 5 atom stereocenters. The van der Waals surface area contributed by atoms with Gasteiger partial charge in [-0.15, -0.1) is 0 Å². The number of benzene rings is 5. The monoisotopic (exact) mass is 737 g/mol. The number of rotatable bonds is 18. The van der Waals surface area contributed by atoms with Gasteiger partial charge in [-0.2, -0.15) is 0 Å². The topological polar surface area (TPSA) is 111 Å². The second-order valence-electron chi connectivity index (χ2n) is 12.5. The van der Waals surface area contributed by atoms with Crippen LogP contribution in [0, 0.1) is 0 Å². The lowest BCUT2D eigenvalue weighted by molar-refractivity contribution is -0.236. The molecule has 1 amide bonds. The molecular formula is C42H44NO9P. The number of carbonyl (C=O) groups is 1. The number of nitrogens with one attached hydrogen (secondary N) is 1. The van der Waals surface area contributed by atoms with E-state index in [0.717, 1.165) is 16.7 Å². The van der Waals surface area contributed by atoms with Crippen LogP contribution in [0.1, 0.15) is 23.6 Å². The molecule has 5 aromatic rings. The number of carbonyl (C=O) groups excluding carboxylic acids is 1. The maximum Gasteiger partial charge on any atom is 0.587 e. The molecule has 0 unspecified atom stereocenters. The van der Waals surface area contributed by atoms with Crippen LogP contribution < -0.4 is 14.4 Å². The van der Waals surface area contributed by atoms with Crippen molar-refractivity contribution in [2.45, 2.75) is 57.2 Å². The lowest BCUT2D eigenvalue weighted by atomic mass is 9.92. The quantitative estimate of drug-likeness (QED) is 0.0897. The van der Waals surface area contributed by atoms with E-state index in [4.69, 9.17) is 32.5 Å². The van der Waals surface area contributed by atoms with Crippen molar-refractivity contribution in [3.63, 3.8) is 0 Å². The number of amides is 1. The van der Waals surface area contributed by atoms with Crippen molar-refractivity contribution in [2.24, 2.45) is 0 Å². The summed E-state index contributed by atoms with van der Waals surface area (Å²) in [6.07, 6.45) is -3.03. The molecule has 1 N–H and O–H groups in total. The zero-order chi connectivity index (χ0) is 36.7. The lowest BCUT2D eigenvalue weighted by Gasteiger charge is -2.46. The molecule has 0 saturated carbocycles. The molecule has 0 radical (unpaired) electrons. The first-order chi connectivity index (χ1) is 25.9. The minimum absolute atomic E-state index is 0.127. The molecule has 1 aliphatic rings. The summed E-state index contributed by atoms with van der Waals surface area (Å²) in [5.74, 6) is 0.266. The van der Waals surface area contributed by atoms with Gasteiger partial charge in [0.15, 0.2) is 0 Å². The Morgan fingerprint density at radius 2 is 1.02 bits per heavy atom. The first kappa shape index (κ1) is 37.9. The van der Waals surface area contributed by atoms with Crippen LogP contribution >= 0.6 is 7.82 Å². The molecule has 11 heteroatoms. The van der Waals surface area contributed by atoms with Gasteiger partial charge in [-0.05, 0) is 41.0 Å². The normalized spacial score (nSPS) is 20.0. The molecule has 1 heterocycles. The fourth-order valence-corrected chi connectivity index (χ4v) is 7.19. The SMILES string of the molecule is CC(=O)N[C@@H]1[C@@H](OCc2ccccc2)[C@H](OCc2ccccc2)[C@@H](COCc2ccccc2)O[C@@H]1COP(=O)(Oc1ccccc1)Oc1ccccc1. The summed E-state index contributed by atoms with van der Waals surface area (Å²) in [6, 6.07) is 45.8. The molecule has 0 bridgehead atoms. The van der Waals surface area contributed by atoms with Gasteiger partial charge >= 0.3 is 7.82 Å². The van der Waals surface area contributed by atoms with Gasteiger partial charge in [0.25, 0.3) is 0 Å². The van der Waals surface area contributed by atoms with E-state index in [1.165, 1.54) is 6.92 Å². The van der Waals surface area contributed by atoms with Gasteiger partial charge in [-0.3, -0.25) is 9.32 Å². The minimum Gasteiger partial charge on any atom is -0.395 e. The van der Waals surface area contributed by atoms with Crippen molar-refractivity contribution in [1.29, 1.82) is 0 Å². The van der Waals surface area contributed by atoms with E-state index >= 15 is 0 Å². The van der Waals surface area contributed by atoms with Crippen LogP contribution in [0.2, 0.25) is 0 Å². The highest BCUT2D eigenvalue weighted by Crippen LogP contribution is 2.50. The summed E-state index contributed by atoms with van der Waals surface area (Å²) in [5.41, 5.74) is 2.89. The van der Waals surface area contributed by atoms with Gasteiger partial charge in [0.05, 0.1) is 39.1 Å². The Bertz CT molecular complexity index is 1810. The number of phosphoric acid groups is 1. The highest BCUT2D eigenvalue weighted by Gasteiger charge is 2.49. The van der Waals surface area contributed by atoms with Gasteiger partial charge in [0, 0.05) is 6.92 Å². The first-order valence-corrected chi connectivity index (χ1v) is 19.0. The molecule has 1 saturated heterocycles. The summed E-state index contributed by atoms with van der Waals surface area (Å²) < 4.78 is 58.4. The van der Waals surface area contributed by atoms with E-state index in [-0.39, 0.29) is 32.3 Å². The van der Waals surface area contributed by atoms with Crippen molar-refractivity contribution in [2.75, 3.05) is 13.2 Å². The molecule has 10 nitrogen and oxygen atoms in total. The zero-order valence-electron chi connectivity index (χ0n) is 29.5. The Labute approximate surface area is 310 Å². The predicted molar refractivity (Wildman–Crippen MR) is 200 cm³/mol. The summed E-state index contributed by atoms with van der Waals surface area (Å²) in [7, 11) is -4.32. The van der Waals surface area contributed by atoms with E-state index in [1.54, 1.807) is 48.5 Å². The number of hydrogen-bond donors (Lipinski definition) is 1.